The van der Waals surface area contributed by atoms with Gasteiger partial charge in [0.1, 0.15) is 4.90 Å². The molecule has 0 aliphatic rings. The molecule has 53 heavy (non-hydrogen) atoms. The number of aliphatic imine (C=N–C) groups is 1. The van der Waals surface area contributed by atoms with Crippen molar-refractivity contribution in [1.82, 2.24) is 0 Å². The van der Waals surface area contributed by atoms with Crippen LogP contribution in [0.2, 0.25) is 0 Å². The van der Waals surface area contributed by atoms with Crippen LogP contribution in [0.4, 0.5) is 28.4 Å². The van der Waals surface area contributed by atoms with Crippen molar-refractivity contribution in [2.45, 2.75) is 14.7 Å². The number of carboxylic acids is 1. The van der Waals surface area contributed by atoms with Gasteiger partial charge in [-0.2, -0.15) is 25.3 Å². The number of aromatic carboxylic acids is 1. The first-order valence-corrected chi connectivity index (χ1v) is 18.8. The van der Waals surface area contributed by atoms with E-state index < -0.39 is 41.2 Å². The van der Waals surface area contributed by atoms with Gasteiger partial charge in [0.2, 0.25) is 0 Å². The molecule has 0 bridgehead atoms. The van der Waals surface area contributed by atoms with Crippen molar-refractivity contribution in [2.75, 3.05) is 22.9 Å². The summed E-state index contributed by atoms with van der Waals surface area (Å²) in [6.45, 7) is 9.40. The molecule has 16 nitrogen and oxygen atoms in total. The van der Waals surface area contributed by atoms with Crippen molar-refractivity contribution in [2.24, 2.45) is 4.99 Å². The lowest BCUT2D eigenvalue weighted by atomic mass is 10.1. The summed E-state index contributed by atoms with van der Waals surface area (Å²) in [6, 6.07) is 21.4. The van der Waals surface area contributed by atoms with Gasteiger partial charge in [0.05, 0.1) is 26.7 Å². The molecule has 278 valence electrons. The van der Waals surface area contributed by atoms with Gasteiger partial charge in [-0.05, 0) is 78.8 Å². The van der Waals surface area contributed by atoms with E-state index in [1.165, 1.54) is 66.7 Å². The number of nitrogen functional groups attached to an aromatic ring is 4. The number of carbonyl (C=O) groups is 1. The van der Waals surface area contributed by atoms with Gasteiger partial charge in [0, 0.05) is 44.0 Å². The van der Waals surface area contributed by atoms with Crippen LogP contribution in [0, 0.1) is 0 Å². The summed E-state index contributed by atoms with van der Waals surface area (Å²) >= 11 is 0. The van der Waals surface area contributed by atoms with Gasteiger partial charge in [0.25, 0.3) is 30.4 Å². The van der Waals surface area contributed by atoms with E-state index in [-0.39, 0.29) is 26.4 Å². The molecule has 0 atom stereocenters. The highest BCUT2D eigenvalue weighted by atomic mass is 32.2. The zero-order valence-electron chi connectivity index (χ0n) is 27.4. The second-order valence-corrected chi connectivity index (χ2v) is 14.8. The van der Waals surface area contributed by atoms with E-state index in [9.17, 15) is 30.0 Å². The molecule has 0 saturated heterocycles. The number of fused-ring (bicyclic) bond motifs is 3. The molecule has 0 radical (unpaired) electrons. The molecular formula is C34H33N5O11S3. The zero-order valence-corrected chi connectivity index (χ0v) is 29.9. The Bertz CT molecular complexity index is 2740. The Hall–Kier alpha value is -6.09. The molecule has 19 heteroatoms. The van der Waals surface area contributed by atoms with Crippen LogP contribution in [-0.4, -0.2) is 56.7 Å². The Kier molecular flexibility index (Phi) is 12.5. The van der Waals surface area contributed by atoms with Gasteiger partial charge >= 0.3 is 5.97 Å². The van der Waals surface area contributed by atoms with E-state index in [2.05, 4.69) is 24.9 Å². The lowest BCUT2D eigenvalue weighted by molar-refractivity contribution is 0.0697. The minimum Gasteiger partial charge on any atom is -0.478 e. The second kappa shape index (κ2) is 16.1. The molecule has 6 aromatic rings. The standard InChI is InChI=1S/C11H10N2O3S.C11H9NO5S.C10H10N2O3S.C2H4/c1-13-11-5-4-10(12)8-3-2-7(6-9(8)11)17(14,15)16;12-9-4-2-6-5-7(11(13)14)1-3-8(6)10(9)18(15,16)17;11-9-3-4-10(12)8-5-6(16(13,14)15)1-2-7(8)9;1-2/h2-6H,1,12H2,(H,14,15,16);1-5H,12H2,(H,13,14)(H,15,16,17);1-5H,11-12H2,(H,13,14,15);1-2H2. The summed E-state index contributed by atoms with van der Waals surface area (Å²) in [5.74, 6) is -1.12. The van der Waals surface area contributed by atoms with Gasteiger partial charge in [-0.3, -0.25) is 18.7 Å². The normalized spacial score (nSPS) is 11.3. The third-order valence-corrected chi connectivity index (χ3v) is 10.00. The van der Waals surface area contributed by atoms with E-state index in [4.69, 9.17) is 41.7 Å². The highest BCUT2D eigenvalue weighted by Crippen LogP contribution is 2.32. The Balaban J connectivity index is 0.000000209. The largest absolute Gasteiger partial charge is 0.478 e. The first-order chi connectivity index (χ1) is 24.6. The average molecular weight is 784 g/mol. The van der Waals surface area contributed by atoms with Crippen LogP contribution in [0.25, 0.3) is 32.3 Å². The van der Waals surface area contributed by atoms with Gasteiger partial charge in [-0.25, -0.2) is 4.79 Å². The van der Waals surface area contributed by atoms with E-state index in [1.807, 2.05) is 0 Å². The SMILES string of the molecule is C=C.C=Nc1ccc(N)c2ccc(S(=O)(=O)O)cc12.Nc1ccc(N)c2cc(S(=O)(=O)O)ccc12.Nc1ccc2cc(C(=O)O)ccc2c1S(=O)(=O)O. The molecule has 0 unspecified atom stereocenters. The number of hydrogen-bond donors (Lipinski definition) is 8. The van der Waals surface area contributed by atoms with Gasteiger partial charge < -0.3 is 28.0 Å². The topological polar surface area (TPSA) is 317 Å². The summed E-state index contributed by atoms with van der Waals surface area (Å²) in [7, 11) is -12.9. The summed E-state index contributed by atoms with van der Waals surface area (Å²) in [5, 5.41) is 11.8. The molecule has 0 spiro atoms. The zero-order chi connectivity index (χ0) is 40.1. The number of anilines is 4. The Morgan fingerprint density at radius 1 is 0.528 bits per heavy atom. The fraction of sp³-hybridized carbons (Fsp3) is 0. The molecule has 0 amide bonds. The first-order valence-electron chi connectivity index (χ1n) is 14.5. The number of nitrogens with zero attached hydrogens (tertiary/aromatic N) is 1. The molecule has 0 aliphatic heterocycles. The molecule has 6 rings (SSSR count). The smallest absolute Gasteiger partial charge is 0.335 e. The molecular weight excluding hydrogens is 751 g/mol. The monoisotopic (exact) mass is 783 g/mol. The molecule has 0 aromatic heterocycles. The van der Waals surface area contributed by atoms with Crippen molar-refractivity contribution in [3.63, 3.8) is 0 Å². The van der Waals surface area contributed by atoms with E-state index in [0.29, 0.717) is 49.7 Å². The van der Waals surface area contributed by atoms with Crippen LogP contribution in [0.3, 0.4) is 0 Å². The molecule has 0 saturated carbocycles. The molecule has 6 aromatic carbocycles. The summed E-state index contributed by atoms with van der Waals surface area (Å²) in [4.78, 5) is 13.8. The van der Waals surface area contributed by atoms with Crippen LogP contribution in [0.5, 0.6) is 0 Å². The Morgan fingerprint density at radius 2 is 0.962 bits per heavy atom. The van der Waals surface area contributed by atoms with Crippen LogP contribution in [-0.2, 0) is 30.4 Å². The number of hydrogen-bond acceptors (Lipinski definition) is 12. The van der Waals surface area contributed by atoms with Crippen LogP contribution in [0.15, 0.2) is 124 Å². The summed E-state index contributed by atoms with van der Waals surface area (Å²) < 4.78 is 93.5. The van der Waals surface area contributed by atoms with Crippen molar-refractivity contribution < 1.29 is 48.8 Å². The highest BCUT2D eigenvalue weighted by Gasteiger charge is 2.19. The fourth-order valence-corrected chi connectivity index (χ4v) is 6.75. The van der Waals surface area contributed by atoms with Crippen molar-refractivity contribution in [1.29, 1.82) is 0 Å². The predicted molar refractivity (Wildman–Crippen MR) is 206 cm³/mol. The fourth-order valence-electron chi connectivity index (χ4n) is 4.91. The minimum atomic E-state index is -4.47. The molecule has 12 N–H and O–H groups in total. The Labute approximate surface area is 303 Å². The molecule has 0 aliphatic carbocycles. The third-order valence-electron chi connectivity index (χ3n) is 7.33. The maximum atomic E-state index is 11.2. The van der Waals surface area contributed by atoms with Crippen LogP contribution >= 0.6 is 0 Å². The van der Waals surface area contributed by atoms with Gasteiger partial charge in [0.15, 0.2) is 0 Å². The van der Waals surface area contributed by atoms with Crippen molar-refractivity contribution >= 4 is 104 Å². The molecule has 0 fully saturated rings. The van der Waals surface area contributed by atoms with E-state index >= 15 is 0 Å². The average Bonchev–Trinajstić information content (AvgIpc) is 3.09. The quantitative estimate of drug-likeness (QED) is 0.0468. The second-order valence-electron chi connectivity index (χ2n) is 10.6. The van der Waals surface area contributed by atoms with E-state index in [0.717, 1.165) is 0 Å². The van der Waals surface area contributed by atoms with Crippen LogP contribution < -0.4 is 22.9 Å². The summed E-state index contributed by atoms with van der Waals surface area (Å²) in [6.07, 6.45) is 0. The maximum absolute atomic E-state index is 11.2. The number of rotatable bonds is 5. The number of nitrogens with two attached hydrogens (primary N) is 4. The van der Waals surface area contributed by atoms with E-state index in [1.54, 1.807) is 24.3 Å². The first kappa shape index (κ1) is 41.3. The lowest BCUT2D eigenvalue weighted by Gasteiger charge is -2.07. The van der Waals surface area contributed by atoms with Gasteiger partial charge in [-0.15, -0.1) is 13.2 Å². The Morgan fingerprint density at radius 3 is 1.43 bits per heavy atom. The highest BCUT2D eigenvalue weighted by molar-refractivity contribution is 7.86. The number of carboxylic acid groups (broad SMARTS) is 1. The third kappa shape index (κ3) is 9.62. The van der Waals surface area contributed by atoms with Crippen molar-refractivity contribution in [3.8, 4) is 0 Å². The van der Waals surface area contributed by atoms with Crippen molar-refractivity contribution in [3.05, 3.63) is 110 Å². The van der Waals surface area contributed by atoms with Gasteiger partial charge in [-0.1, -0.05) is 24.3 Å². The number of benzene rings is 6. The minimum absolute atomic E-state index is 0.0218. The predicted octanol–water partition coefficient (Wildman–Crippen LogP) is 5.42. The maximum Gasteiger partial charge on any atom is 0.335 e. The lowest BCUT2D eigenvalue weighted by Crippen LogP contribution is -2.04. The molecule has 0 heterocycles. The van der Waals surface area contributed by atoms with Crippen LogP contribution in [0.1, 0.15) is 10.4 Å². The summed E-state index contributed by atoms with van der Waals surface area (Å²) in [5.41, 5.74) is 24.6.